The van der Waals surface area contributed by atoms with Crippen molar-refractivity contribution >= 4 is 67.2 Å². The largest absolute Gasteiger partial charge is 0.486 e. The molecule has 1 aliphatic rings. The first-order chi connectivity index (χ1) is 12.2. The highest BCUT2D eigenvalue weighted by Gasteiger charge is 2.66. The lowest BCUT2D eigenvalue weighted by Crippen LogP contribution is -2.29. The number of hydrogen-bond donors (Lipinski definition) is 1. The molecule has 1 unspecified atom stereocenters. The van der Waals surface area contributed by atoms with Crippen molar-refractivity contribution in [3.8, 4) is 5.75 Å². The predicted octanol–water partition coefficient (Wildman–Crippen LogP) is 5.51. The number of halogens is 4. The first-order valence-corrected chi connectivity index (χ1v) is 9.93. The fourth-order valence-electron chi connectivity index (χ4n) is 2.19. The molecule has 0 saturated heterocycles. The van der Waals surface area contributed by atoms with Gasteiger partial charge in [0.25, 0.3) is 0 Å². The fraction of sp³-hybridized carbons (Fsp3) is 0.294. The highest BCUT2D eigenvalue weighted by molar-refractivity contribution is 9.25. The number of ether oxygens (including phenoxy) is 1. The van der Waals surface area contributed by atoms with E-state index in [1.807, 2.05) is 6.92 Å². The number of carbonyl (C=O) groups excluding carboxylic acids is 1. The molecule has 1 heterocycles. The molecule has 5 nitrogen and oxygen atoms in total. The summed E-state index contributed by atoms with van der Waals surface area (Å²) in [5.41, 5.74) is 2.00. The number of nitrogens with zero attached hydrogens (tertiary/aromatic N) is 1. The summed E-state index contributed by atoms with van der Waals surface area (Å²) < 4.78 is 10.8. The first kappa shape index (κ1) is 19.7. The number of hydrogen-bond acceptors (Lipinski definition) is 4. The Bertz CT molecular complexity index is 869. The summed E-state index contributed by atoms with van der Waals surface area (Å²) in [6, 6.07) is 8.53. The molecule has 0 aliphatic heterocycles. The van der Waals surface area contributed by atoms with E-state index in [-0.39, 0.29) is 15.7 Å². The molecule has 0 bridgehead atoms. The van der Waals surface area contributed by atoms with Crippen molar-refractivity contribution in [1.82, 2.24) is 5.43 Å². The van der Waals surface area contributed by atoms with E-state index >= 15 is 0 Å². The van der Waals surface area contributed by atoms with Gasteiger partial charge < -0.3 is 9.15 Å². The number of furan rings is 1. The van der Waals surface area contributed by atoms with Crippen LogP contribution in [0.2, 0.25) is 10.0 Å². The third-order valence-corrected chi connectivity index (χ3v) is 7.12. The van der Waals surface area contributed by atoms with Crippen LogP contribution in [0.5, 0.6) is 5.75 Å². The van der Waals surface area contributed by atoms with Crippen molar-refractivity contribution in [1.29, 1.82) is 0 Å². The lowest BCUT2D eigenvalue weighted by atomic mass is 10.1. The van der Waals surface area contributed by atoms with Gasteiger partial charge in [0.05, 0.1) is 24.9 Å². The molecule has 1 aliphatic carbocycles. The van der Waals surface area contributed by atoms with Gasteiger partial charge in [0.1, 0.15) is 23.9 Å². The molecule has 1 saturated carbocycles. The fourth-order valence-corrected chi connectivity index (χ4v) is 3.96. The van der Waals surface area contributed by atoms with E-state index in [1.54, 1.807) is 30.3 Å². The van der Waals surface area contributed by atoms with Gasteiger partial charge in [-0.15, -0.1) is 0 Å². The second kappa shape index (κ2) is 7.54. The second-order valence-corrected chi connectivity index (χ2v) is 10.7. The van der Waals surface area contributed by atoms with E-state index < -0.39 is 5.41 Å². The van der Waals surface area contributed by atoms with Crippen molar-refractivity contribution < 1.29 is 13.9 Å². The molecule has 1 N–H and O–H groups in total. The Labute approximate surface area is 177 Å². The molecular weight excluding hydrogens is 511 g/mol. The number of alkyl halides is 2. The molecule has 26 heavy (non-hydrogen) atoms. The maximum absolute atomic E-state index is 12.1. The van der Waals surface area contributed by atoms with Crippen LogP contribution in [-0.4, -0.2) is 15.4 Å². The lowest BCUT2D eigenvalue weighted by molar-refractivity contribution is -0.125. The van der Waals surface area contributed by atoms with Gasteiger partial charge in [-0.2, -0.15) is 5.10 Å². The number of benzene rings is 1. The molecule has 1 atom stereocenters. The number of hydrazone groups is 1. The van der Waals surface area contributed by atoms with E-state index in [4.69, 9.17) is 32.4 Å². The smallest absolute Gasteiger partial charge is 0.248 e. The lowest BCUT2D eigenvalue weighted by Gasteiger charge is -2.09. The third kappa shape index (κ3) is 4.27. The Morgan fingerprint density at radius 1 is 1.35 bits per heavy atom. The maximum Gasteiger partial charge on any atom is 0.248 e. The molecule has 2 aromatic rings. The van der Waals surface area contributed by atoms with Gasteiger partial charge in [0.2, 0.25) is 5.91 Å². The average Bonchev–Trinajstić information content (AvgIpc) is 2.93. The van der Waals surface area contributed by atoms with Gasteiger partial charge in [-0.05, 0) is 37.6 Å². The quantitative estimate of drug-likeness (QED) is 0.308. The van der Waals surface area contributed by atoms with Crippen LogP contribution >= 0.6 is 55.1 Å². The molecular formula is C17H14Br2Cl2N2O3. The molecule has 138 valence electrons. The second-order valence-electron chi connectivity index (χ2n) is 6.08. The van der Waals surface area contributed by atoms with Crippen LogP contribution in [0.3, 0.4) is 0 Å². The maximum atomic E-state index is 12.1. The molecule has 1 aromatic heterocycles. The van der Waals surface area contributed by atoms with Crippen molar-refractivity contribution in [2.75, 3.05) is 0 Å². The molecule has 1 amide bonds. The third-order valence-electron chi connectivity index (χ3n) is 4.07. The van der Waals surface area contributed by atoms with Gasteiger partial charge in [-0.25, -0.2) is 5.43 Å². The van der Waals surface area contributed by atoms with Crippen LogP contribution in [0.1, 0.15) is 24.9 Å². The number of nitrogens with one attached hydrogen (secondary N) is 1. The van der Waals surface area contributed by atoms with Crippen LogP contribution in [0.4, 0.5) is 0 Å². The Balaban J connectivity index is 1.51. The van der Waals surface area contributed by atoms with Gasteiger partial charge in [-0.1, -0.05) is 55.1 Å². The SMILES string of the molecule is CC1(C(=O)N/N=C\c2ccc(COc3ccc(Cl)c(Cl)c3)o2)CC1(Br)Br. The van der Waals surface area contributed by atoms with Crippen LogP contribution in [0, 0.1) is 5.41 Å². The van der Waals surface area contributed by atoms with Crippen LogP contribution in [0.15, 0.2) is 39.9 Å². The molecule has 1 aromatic carbocycles. The molecule has 3 rings (SSSR count). The van der Waals surface area contributed by atoms with Gasteiger partial charge in [-0.3, -0.25) is 4.79 Å². The Kier molecular flexibility index (Phi) is 5.72. The number of carbonyl (C=O) groups is 1. The Hall–Kier alpha value is -1.02. The summed E-state index contributed by atoms with van der Waals surface area (Å²) in [5, 5.41) is 4.82. The summed E-state index contributed by atoms with van der Waals surface area (Å²) >= 11 is 18.7. The predicted molar refractivity (Wildman–Crippen MR) is 109 cm³/mol. The normalized spacial score (nSPS) is 21.0. The minimum atomic E-state index is -0.521. The van der Waals surface area contributed by atoms with E-state index in [2.05, 4.69) is 42.4 Å². The summed E-state index contributed by atoms with van der Waals surface area (Å²) in [4.78, 5) is 12.1. The van der Waals surface area contributed by atoms with Crippen LogP contribution < -0.4 is 10.2 Å². The van der Waals surface area contributed by atoms with Crippen LogP contribution in [0.25, 0.3) is 0 Å². The summed E-state index contributed by atoms with van der Waals surface area (Å²) in [5.74, 6) is 1.53. The number of rotatable bonds is 6. The average molecular weight is 525 g/mol. The Morgan fingerprint density at radius 2 is 2.08 bits per heavy atom. The van der Waals surface area contributed by atoms with Gasteiger partial charge in [0.15, 0.2) is 0 Å². The van der Waals surface area contributed by atoms with E-state index in [0.29, 0.717) is 33.7 Å². The van der Waals surface area contributed by atoms with Gasteiger partial charge in [0, 0.05) is 6.07 Å². The van der Waals surface area contributed by atoms with Crippen molar-refractivity contribution in [3.63, 3.8) is 0 Å². The van der Waals surface area contributed by atoms with E-state index in [0.717, 1.165) is 0 Å². The monoisotopic (exact) mass is 522 g/mol. The van der Waals surface area contributed by atoms with E-state index in [9.17, 15) is 4.79 Å². The highest BCUT2D eigenvalue weighted by Crippen LogP contribution is 2.66. The van der Waals surface area contributed by atoms with Crippen molar-refractivity contribution in [2.45, 2.75) is 23.2 Å². The minimum absolute atomic E-state index is 0.169. The molecule has 0 radical (unpaired) electrons. The van der Waals surface area contributed by atoms with Crippen molar-refractivity contribution in [2.24, 2.45) is 10.5 Å². The van der Waals surface area contributed by atoms with Gasteiger partial charge >= 0.3 is 0 Å². The Morgan fingerprint density at radius 3 is 2.73 bits per heavy atom. The van der Waals surface area contributed by atoms with E-state index in [1.165, 1.54) is 6.21 Å². The topological polar surface area (TPSA) is 63.8 Å². The van der Waals surface area contributed by atoms with Crippen LogP contribution in [-0.2, 0) is 11.4 Å². The minimum Gasteiger partial charge on any atom is -0.486 e. The molecule has 9 heteroatoms. The zero-order chi connectivity index (χ0) is 18.9. The summed E-state index contributed by atoms with van der Waals surface area (Å²) in [7, 11) is 0. The zero-order valence-electron chi connectivity index (χ0n) is 13.6. The molecule has 0 spiro atoms. The zero-order valence-corrected chi connectivity index (χ0v) is 18.2. The summed E-state index contributed by atoms with van der Waals surface area (Å²) in [6.45, 7) is 2.08. The summed E-state index contributed by atoms with van der Waals surface area (Å²) in [6.07, 6.45) is 2.13. The standard InChI is InChI=1S/C17H14Br2Cl2N2O3/c1-16(9-17(16,18)19)15(24)23-22-7-11-2-3-12(26-11)8-25-10-4-5-13(20)14(21)6-10/h2-7H,8-9H2,1H3,(H,23,24)/b22-7-. The number of amides is 1. The highest BCUT2D eigenvalue weighted by atomic mass is 79.9. The first-order valence-electron chi connectivity index (χ1n) is 7.59. The molecule has 1 fully saturated rings. The van der Waals surface area contributed by atoms with Crippen molar-refractivity contribution in [3.05, 3.63) is 51.9 Å².